The van der Waals surface area contributed by atoms with Crippen LogP contribution in [0.4, 0.5) is 5.69 Å². The fraction of sp³-hybridized carbons (Fsp3) is 0.471. The van der Waals surface area contributed by atoms with E-state index in [1.165, 1.54) is 0 Å². The van der Waals surface area contributed by atoms with Gasteiger partial charge >= 0.3 is 13.1 Å². The van der Waals surface area contributed by atoms with Crippen LogP contribution in [0.2, 0.25) is 10.0 Å². The van der Waals surface area contributed by atoms with Crippen LogP contribution in [0.25, 0.3) is 0 Å². The minimum atomic E-state index is -1.30. The number of hydrogen-bond donors (Lipinski definition) is 3. The van der Waals surface area contributed by atoms with Crippen molar-refractivity contribution in [3.63, 3.8) is 0 Å². The smallest absolute Gasteiger partial charge is 0.508 e. The second-order valence-electron chi connectivity index (χ2n) is 6.81. The maximum absolute atomic E-state index is 12.4. The summed E-state index contributed by atoms with van der Waals surface area (Å²) >= 11 is 12.0. The van der Waals surface area contributed by atoms with E-state index in [1.54, 1.807) is 18.2 Å². The number of anilines is 1. The van der Waals surface area contributed by atoms with Crippen LogP contribution < -0.4 is 10.6 Å². The molecule has 0 aromatic heterocycles. The van der Waals surface area contributed by atoms with Gasteiger partial charge in [-0.1, -0.05) is 37.0 Å². The van der Waals surface area contributed by atoms with Crippen molar-refractivity contribution in [2.75, 3.05) is 11.9 Å². The number of halogens is 2. The summed E-state index contributed by atoms with van der Waals surface area (Å²) in [7, 11) is -1.18. The molecular formula is C17H21BCl2N2O6. The van der Waals surface area contributed by atoms with Crippen LogP contribution in [-0.2, 0) is 23.7 Å². The Bertz CT molecular complexity index is 748. The molecule has 0 bridgehead atoms. The lowest BCUT2D eigenvalue weighted by Gasteiger charge is -2.30. The number of carbonyl (C=O) groups excluding carboxylic acids is 2. The Morgan fingerprint density at radius 1 is 1.36 bits per heavy atom. The zero-order valence-corrected chi connectivity index (χ0v) is 16.9. The summed E-state index contributed by atoms with van der Waals surface area (Å²) in [6, 6.07) is 4.82. The van der Waals surface area contributed by atoms with E-state index in [0.29, 0.717) is 22.2 Å². The number of carboxylic acid groups (broad SMARTS) is 1. The lowest BCUT2D eigenvalue weighted by molar-refractivity contribution is -0.157. The molecule has 0 spiro atoms. The van der Waals surface area contributed by atoms with Gasteiger partial charge in [0.05, 0.1) is 29.6 Å². The van der Waals surface area contributed by atoms with E-state index in [4.69, 9.17) is 37.6 Å². The lowest BCUT2D eigenvalue weighted by Crippen LogP contribution is -2.56. The molecule has 11 heteroatoms. The van der Waals surface area contributed by atoms with Gasteiger partial charge in [-0.25, -0.2) is 4.79 Å². The number of rotatable bonds is 8. The highest BCUT2D eigenvalue weighted by Crippen LogP contribution is 2.25. The summed E-state index contributed by atoms with van der Waals surface area (Å²) < 4.78 is 10.5. The molecule has 0 saturated carbocycles. The number of aliphatic carboxylic acids is 1. The van der Waals surface area contributed by atoms with Crippen molar-refractivity contribution in [2.24, 2.45) is 5.92 Å². The van der Waals surface area contributed by atoms with E-state index in [1.807, 2.05) is 13.8 Å². The van der Waals surface area contributed by atoms with Gasteiger partial charge in [-0.2, -0.15) is 0 Å². The molecule has 1 fully saturated rings. The lowest BCUT2D eigenvalue weighted by atomic mass is 9.72. The van der Waals surface area contributed by atoms with Crippen LogP contribution in [0.15, 0.2) is 18.2 Å². The Morgan fingerprint density at radius 3 is 2.71 bits per heavy atom. The molecule has 1 aliphatic rings. The highest BCUT2D eigenvalue weighted by molar-refractivity contribution is 6.50. The SMILES string of the molecule is CC(C)C[C@H](NC(=O)CNc1cc(Cl)ccc1Cl)B1OC(=O)C[C@@H](C(=O)O)O1. The number of amides is 1. The topological polar surface area (TPSA) is 114 Å². The maximum atomic E-state index is 12.4. The van der Waals surface area contributed by atoms with Gasteiger partial charge in [-0.15, -0.1) is 0 Å². The first-order valence-corrected chi connectivity index (χ1v) is 9.47. The molecule has 2 rings (SSSR count). The van der Waals surface area contributed by atoms with Crippen LogP contribution in [0.3, 0.4) is 0 Å². The summed E-state index contributed by atoms with van der Waals surface area (Å²) in [6.45, 7) is 3.72. The van der Waals surface area contributed by atoms with E-state index in [9.17, 15) is 14.4 Å². The third-order valence-electron chi connectivity index (χ3n) is 3.94. The first-order valence-electron chi connectivity index (χ1n) is 8.71. The van der Waals surface area contributed by atoms with Gasteiger partial charge in [0.2, 0.25) is 5.91 Å². The third kappa shape index (κ3) is 6.58. The monoisotopic (exact) mass is 430 g/mol. The fourth-order valence-corrected chi connectivity index (χ4v) is 3.06. The van der Waals surface area contributed by atoms with Crippen molar-refractivity contribution in [3.8, 4) is 0 Å². The number of carbonyl (C=O) groups is 3. The zero-order chi connectivity index (χ0) is 20.8. The van der Waals surface area contributed by atoms with E-state index >= 15 is 0 Å². The third-order valence-corrected chi connectivity index (χ3v) is 4.51. The molecule has 0 unspecified atom stereocenters. The molecule has 2 atom stereocenters. The van der Waals surface area contributed by atoms with Gasteiger partial charge in [-0.3, -0.25) is 9.59 Å². The Hall–Kier alpha value is -1.97. The molecule has 1 aromatic carbocycles. The summed E-state index contributed by atoms with van der Waals surface area (Å²) in [6.07, 6.45) is -1.25. The van der Waals surface area contributed by atoms with Crippen molar-refractivity contribution < 1.29 is 28.8 Å². The molecule has 28 heavy (non-hydrogen) atoms. The van der Waals surface area contributed by atoms with Crippen molar-refractivity contribution >= 4 is 53.9 Å². The molecule has 0 aliphatic carbocycles. The predicted molar refractivity (Wildman–Crippen MR) is 105 cm³/mol. The molecule has 0 radical (unpaired) electrons. The molecule has 1 heterocycles. The van der Waals surface area contributed by atoms with E-state index in [-0.39, 0.29) is 18.9 Å². The van der Waals surface area contributed by atoms with Gasteiger partial charge < -0.3 is 25.0 Å². The molecular weight excluding hydrogens is 410 g/mol. The molecule has 8 nitrogen and oxygen atoms in total. The van der Waals surface area contributed by atoms with E-state index in [2.05, 4.69) is 10.6 Å². The Balaban J connectivity index is 2.02. The molecule has 1 aromatic rings. The quantitative estimate of drug-likeness (QED) is 0.542. The minimum absolute atomic E-state index is 0.113. The molecule has 3 N–H and O–H groups in total. The average Bonchev–Trinajstić information content (AvgIpc) is 2.61. The average molecular weight is 431 g/mol. The molecule has 152 valence electrons. The van der Waals surface area contributed by atoms with Gasteiger partial charge in [0.25, 0.3) is 5.97 Å². The maximum Gasteiger partial charge on any atom is 0.551 e. The summed E-state index contributed by atoms with van der Waals surface area (Å²) in [5, 5.41) is 15.6. The first-order chi connectivity index (χ1) is 13.2. The number of nitrogens with one attached hydrogen (secondary N) is 2. The van der Waals surface area contributed by atoms with Gasteiger partial charge in [0, 0.05) is 5.02 Å². The summed E-state index contributed by atoms with van der Waals surface area (Å²) in [5.74, 6) is -2.91. The second-order valence-corrected chi connectivity index (χ2v) is 7.65. The van der Waals surface area contributed by atoms with Crippen molar-refractivity contribution in [2.45, 2.75) is 38.7 Å². The fourth-order valence-electron chi connectivity index (χ4n) is 2.70. The van der Waals surface area contributed by atoms with Crippen LogP contribution in [0.1, 0.15) is 26.7 Å². The minimum Gasteiger partial charge on any atom is -0.508 e. The highest BCUT2D eigenvalue weighted by atomic mass is 35.5. The zero-order valence-electron chi connectivity index (χ0n) is 15.4. The largest absolute Gasteiger partial charge is 0.551 e. The highest BCUT2D eigenvalue weighted by Gasteiger charge is 2.44. The molecule has 1 aliphatic heterocycles. The Kier molecular flexibility index (Phi) is 7.97. The Labute approximate surface area is 173 Å². The number of benzene rings is 1. The van der Waals surface area contributed by atoms with Gasteiger partial charge in [0.1, 0.15) is 0 Å². The predicted octanol–water partition coefficient (Wildman–Crippen LogP) is 2.38. The van der Waals surface area contributed by atoms with Crippen molar-refractivity contribution in [1.82, 2.24) is 5.32 Å². The van der Waals surface area contributed by atoms with E-state index in [0.717, 1.165) is 0 Å². The second kappa shape index (κ2) is 10.00. The number of hydrogen-bond acceptors (Lipinski definition) is 6. The van der Waals surface area contributed by atoms with Crippen LogP contribution in [0, 0.1) is 5.92 Å². The van der Waals surface area contributed by atoms with Crippen LogP contribution in [-0.4, -0.2) is 48.7 Å². The van der Waals surface area contributed by atoms with Gasteiger partial charge in [-0.05, 0) is 30.5 Å². The van der Waals surface area contributed by atoms with E-state index < -0.39 is 37.0 Å². The normalized spacial score (nSPS) is 17.8. The summed E-state index contributed by atoms with van der Waals surface area (Å²) in [4.78, 5) is 35.3. The standard InChI is InChI=1S/C17H21BCl2N2O6/c1-9(2)5-14(18-27-13(17(25)26)7-16(24)28-18)22-15(23)8-21-12-6-10(19)3-4-11(12)20/h3-4,6,9,13-14,21H,5,7-8H2,1-2H3,(H,22,23)(H,25,26)/t13-,14-/m0/s1. The van der Waals surface area contributed by atoms with Crippen LogP contribution >= 0.6 is 23.2 Å². The van der Waals surface area contributed by atoms with Crippen LogP contribution in [0.5, 0.6) is 0 Å². The van der Waals surface area contributed by atoms with Gasteiger partial charge in [0.15, 0.2) is 6.10 Å². The van der Waals surface area contributed by atoms with Crippen molar-refractivity contribution in [1.29, 1.82) is 0 Å². The molecule has 1 amide bonds. The number of carboxylic acids is 1. The first kappa shape index (κ1) is 22.3. The molecule has 1 saturated heterocycles. The van der Waals surface area contributed by atoms with Crippen molar-refractivity contribution in [3.05, 3.63) is 28.2 Å². The summed E-state index contributed by atoms with van der Waals surface area (Å²) in [5.41, 5.74) is 0.496. The Morgan fingerprint density at radius 2 is 2.07 bits per heavy atom.